The Bertz CT molecular complexity index is 149. The summed E-state index contributed by atoms with van der Waals surface area (Å²) in [5.41, 5.74) is 3.16. The second kappa shape index (κ2) is 3.15. The van der Waals surface area contributed by atoms with Crippen LogP contribution in [0.15, 0.2) is 0 Å². The third-order valence-electron chi connectivity index (χ3n) is 2.18. The molecular formula is C7H13F2NO. The topological polar surface area (TPSA) is 43.1 Å². The van der Waals surface area contributed by atoms with Gasteiger partial charge < -0.3 is 5.73 Å². The van der Waals surface area contributed by atoms with E-state index in [4.69, 9.17) is 5.73 Å². The number of nitrogens with two attached hydrogens (primary N) is 1. The summed E-state index contributed by atoms with van der Waals surface area (Å²) in [5.74, 6) is -1.39. The molecule has 0 fully saturated rings. The Morgan fingerprint density at radius 3 is 1.82 bits per heavy atom. The summed E-state index contributed by atoms with van der Waals surface area (Å²) in [7, 11) is 0. The van der Waals surface area contributed by atoms with Crippen molar-refractivity contribution < 1.29 is 13.6 Å². The van der Waals surface area contributed by atoms with Gasteiger partial charge in [0.15, 0.2) is 0 Å². The Morgan fingerprint density at radius 1 is 1.45 bits per heavy atom. The van der Waals surface area contributed by atoms with Crippen molar-refractivity contribution in [3.63, 3.8) is 0 Å². The van der Waals surface area contributed by atoms with E-state index in [1.807, 2.05) is 0 Å². The van der Waals surface area contributed by atoms with Crippen LogP contribution < -0.4 is 5.73 Å². The van der Waals surface area contributed by atoms with Gasteiger partial charge >= 0.3 is 0 Å². The van der Waals surface area contributed by atoms with Gasteiger partial charge in [0, 0.05) is 0 Å². The highest BCUT2D eigenvalue weighted by Gasteiger charge is 2.43. The van der Waals surface area contributed by atoms with Gasteiger partial charge in [-0.1, -0.05) is 13.8 Å². The van der Waals surface area contributed by atoms with Crippen LogP contribution in [0.3, 0.4) is 0 Å². The Kier molecular flexibility index (Phi) is 2.96. The molecule has 2 N–H and O–H groups in total. The fraction of sp³-hybridized carbons (Fsp3) is 0.857. The molecule has 66 valence electrons. The third kappa shape index (κ3) is 1.67. The fourth-order valence-electron chi connectivity index (χ4n) is 0.644. The molecule has 0 aromatic rings. The zero-order valence-corrected chi connectivity index (χ0v) is 6.90. The van der Waals surface area contributed by atoms with E-state index in [0.29, 0.717) is 0 Å². The van der Waals surface area contributed by atoms with Crippen molar-refractivity contribution >= 4 is 5.91 Å². The molecule has 0 aliphatic carbocycles. The highest BCUT2D eigenvalue weighted by molar-refractivity contribution is 5.81. The smallest absolute Gasteiger partial charge is 0.252 e. The SMILES string of the molecule is CC(C)[C@@](C)(C(N)=O)C(F)F. The first-order chi connectivity index (χ1) is 4.83. The number of hydrogen-bond acceptors (Lipinski definition) is 1. The van der Waals surface area contributed by atoms with Crippen molar-refractivity contribution in [2.24, 2.45) is 17.1 Å². The van der Waals surface area contributed by atoms with E-state index in [9.17, 15) is 13.6 Å². The van der Waals surface area contributed by atoms with E-state index in [0.717, 1.165) is 0 Å². The molecule has 0 bridgehead atoms. The third-order valence-corrected chi connectivity index (χ3v) is 2.18. The maximum atomic E-state index is 12.3. The maximum absolute atomic E-state index is 12.3. The lowest BCUT2D eigenvalue weighted by molar-refractivity contribution is -0.140. The van der Waals surface area contributed by atoms with Crippen molar-refractivity contribution in [1.82, 2.24) is 0 Å². The zero-order valence-electron chi connectivity index (χ0n) is 6.90. The molecule has 4 heteroatoms. The Balaban J connectivity index is 4.67. The standard InChI is InChI=1S/C7H13F2NO/c1-4(2)7(3,5(8)9)6(10)11/h4-5H,1-3H3,(H2,10,11)/t7-/m1/s1. The summed E-state index contributed by atoms with van der Waals surface area (Å²) in [6.45, 7) is 4.29. The summed E-state index contributed by atoms with van der Waals surface area (Å²) >= 11 is 0. The van der Waals surface area contributed by atoms with E-state index in [1.54, 1.807) is 13.8 Å². The number of alkyl halides is 2. The highest BCUT2D eigenvalue weighted by atomic mass is 19.3. The number of amides is 1. The molecule has 1 amide bonds. The molecule has 0 radical (unpaired) electrons. The maximum Gasteiger partial charge on any atom is 0.252 e. The minimum Gasteiger partial charge on any atom is -0.369 e. The number of carbonyl (C=O) groups is 1. The predicted molar refractivity (Wildman–Crippen MR) is 38.1 cm³/mol. The van der Waals surface area contributed by atoms with E-state index in [1.165, 1.54) is 6.92 Å². The van der Waals surface area contributed by atoms with Crippen molar-refractivity contribution in [3.05, 3.63) is 0 Å². The van der Waals surface area contributed by atoms with Crippen LogP contribution in [0.5, 0.6) is 0 Å². The van der Waals surface area contributed by atoms with E-state index in [2.05, 4.69) is 0 Å². The van der Waals surface area contributed by atoms with Gasteiger partial charge in [-0.3, -0.25) is 4.79 Å². The van der Waals surface area contributed by atoms with Crippen molar-refractivity contribution in [1.29, 1.82) is 0 Å². The number of halogens is 2. The molecule has 0 unspecified atom stereocenters. The van der Waals surface area contributed by atoms with Crippen molar-refractivity contribution in [3.8, 4) is 0 Å². The van der Waals surface area contributed by atoms with Gasteiger partial charge in [0.1, 0.15) is 5.41 Å². The van der Waals surface area contributed by atoms with Gasteiger partial charge in [0.2, 0.25) is 5.91 Å². The molecule has 11 heavy (non-hydrogen) atoms. The predicted octanol–water partition coefficient (Wildman–Crippen LogP) is 1.40. The first kappa shape index (κ1) is 10.3. The number of hydrogen-bond donors (Lipinski definition) is 1. The van der Waals surface area contributed by atoms with E-state index in [-0.39, 0.29) is 0 Å². The molecule has 0 aliphatic rings. The summed E-state index contributed by atoms with van der Waals surface area (Å²) < 4.78 is 24.6. The lowest BCUT2D eigenvalue weighted by atomic mass is 9.79. The molecule has 0 rings (SSSR count). The van der Waals surface area contributed by atoms with Crippen molar-refractivity contribution in [2.75, 3.05) is 0 Å². The second-order valence-corrected chi connectivity index (χ2v) is 3.10. The Labute approximate surface area is 64.8 Å². The van der Waals surface area contributed by atoms with Crippen LogP contribution in [0.2, 0.25) is 0 Å². The Morgan fingerprint density at radius 2 is 1.82 bits per heavy atom. The number of carbonyl (C=O) groups excluding carboxylic acids is 1. The van der Waals surface area contributed by atoms with Gasteiger partial charge in [0.05, 0.1) is 0 Å². The quantitative estimate of drug-likeness (QED) is 0.674. The van der Waals surface area contributed by atoms with Gasteiger partial charge in [-0.2, -0.15) is 0 Å². The zero-order chi connectivity index (χ0) is 9.23. The molecule has 2 nitrogen and oxygen atoms in total. The molecule has 1 atom stereocenters. The number of rotatable bonds is 3. The van der Waals surface area contributed by atoms with Crippen LogP contribution in [-0.2, 0) is 4.79 Å². The fourth-order valence-corrected chi connectivity index (χ4v) is 0.644. The lowest BCUT2D eigenvalue weighted by Crippen LogP contribution is -2.44. The summed E-state index contributed by atoms with van der Waals surface area (Å²) in [6, 6.07) is 0. The van der Waals surface area contributed by atoms with Gasteiger partial charge in [0.25, 0.3) is 6.43 Å². The van der Waals surface area contributed by atoms with Crippen LogP contribution in [0.25, 0.3) is 0 Å². The molecule has 0 aromatic carbocycles. The molecular weight excluding hydrogens is 152 g/mol. The summed E-state index contributed by atoms with van der Waals surface area (Å²) in [5, 5.41) is 0. The van der Waals surface area contributed by atoms with Crippen molar-refractivity contribution in [2.45, 2.75) is 27.2 Å². The van der Waals surface area contributed by atoms with Crippen LogP contribution in [0.4, 0.5) is 8.78 Å². The average Bonchev–Trinajstić information content (AvgIpc) is 1.84. The summed E-state index contributed by atoms with van der Waals surface area (Å²) in [4.78, 5) is 10.6. The van der Waals surface area contributed by atoms with Crippen LogP contribution >= 0.6 is 0 Å². The van der Waals surface area contributed by atoms with Crippen LogP contribution in [0, 0.1) is 11.3 Å². The minimum atomic E-state index is -2.69. The Hall–Kier alpha value is -0.670. The molecule has 0 spiro atoms. The second-order valence-electron chi connectivity index (χ2n) is 3.10. The van der Waals surface area contributed by atoms with Crippen LogP contribution in [0.1, 0.15) is 20.8 Å². The van der Waals surface area contributed by atoms with Crippen LogP contribution in [-0.4, -0.2) is 12.3 Å². The van der Waals surface area contributed by atoms with Gasteiger partial charge in [-0.05, 0) is 12.8 Å². The average molecular weight is 165 g/mol. The lowest BCUT2D eigenvalue weighted by Gasteiger charge is -2.28. The molecule has 0 aromatic heterocycles. The minimum absolute atomic E-state index is 0.444. The van der Waals surface area contributed by atoms with E-state index >= 15 is 0 Å². The molecule has 0 heterocycles. The first-order valence-corrected chi connectivity index (χ1v) is 3.41. The van der Waals surface area contributed by atoms with Gasteiger partial charge in [-0.25, -0.2) is 8.78 Å². The highest BCUT2D eigenvalue weighted by Crippen LogP contribution is 2.33. The normalized spacial score (nSPS) is 17.0. The monoisotopic (exact) mass is 165 g/mol. The molecule has 0 saturated heterocycles. The first-order valence-electron chi connectivity index (χ1n) is 3.41. The number of primary amides is 1. The van der Waals surface area contributed by atoms with Gasteiger partial charge in [-0.15, -0.1) is 0 Å². The largest absolute Gasteiger partial charge is 0.369 e. The molecule has 0 aliphatic heterocycles. The summed E-state index contributed by atoms with van der Waals surface area (Å²) in [6.07, 6.45) is -2.69. The van der Waals surface area contributed by atoms with E-state index < -0.39 is 23.7 Å². The molecule has 0 saturated carbocycles.